The Balaban J connectivity index is 1.07. The summed E-state index contributed by atoms with van der Waals surface area (Å²) in [5.74, 6) is -2.03. The van der Waals surface area contributed by atoms with Gasteiger partial charge in [0.1, 0.15) is 30.5 Å². The summed E-state index contributed by atoms with van der Waals surface area (Å²) in [4.78, 5) is 40.6. The molecule has 0 amide bonds. The first-order valence-electron chi connectivity index (χ1n) is 23.2. The van der Waals surface area contributed by atoms with Crippen LogP contribution >= 0.6 is 11.8 Å². The number of benzene rings is 6. The number of esters is 3. The van der Waals surface area contributed by atoms with Gasteiger partial charge < -0.3 is 47.4 Å². The number of hydrogen-bond acceptors (Lipinski definition) is 15. The highest BCUT2D eigenvalue weighted by Crippen LogP contribution is 2.47. The van der Waals surface area contributed by atoms with Crippen molar-refractivity contribution in [3.8, 4) is 6.07 Å². The van der Waals surface area contributed by atoms with Gasteiger partial charge in [-0.3, -0.25) is 0 Å². The fraction of sp³-hybridized carbons (Fsp3) is 0.286. The molecule has 0 N–H and O–H groups in total. The van der Waals surface area contributed by atoms with Gasteiger partial charge >= 0.3 is 17.9 Å². The van der Waals surface area contributed by atoms with Crippen LogP contribution in [0.25, 0.3) is 0 Å². The number of thioether (sulfide) groups is 1. The first-order valence-corrected chi connectivity index (χ1v) is 24.1. The maximum atomic E-state index is 14.1. The maximum absolute atomic E-state index is 14.1. The largest absolute Gasteiger partial charge is 0.452 e. The summed E-state index contributed by atoms with van der Waals surface area (Å²) in [6.07, 6.45) is -11.7. The summed E-state index contributed by atoms with van der Waals surface area (Å²) in [5, 5.41) is 10.8. The van der Waals surface area contributed by atoms with Crippen LogP contribution in [-0.2, 0) is 65.5 Å². The van der Waals surface area contributed by atoms with Crippen LogP contribution in [0.15, 0.2) is 182 Å². The highest BCUT2D eigenvalue weighted by molar-refractivity contribution is 8.00. The van der Waals surface area contributed by atoms with E-state index < -0.39 is 84.3 Å². The molecule has 0 spiro atoms. The standard InChI is InChI=1S/C56H51NO13S/c1-61-54-50(69-53(60)41-28-16-6-17-29-41)48(68-52(59)40-26-14-5-15-27-40)45(67-51(58)39-24-12-4-13-25-39)43(65-54)34-64-55-49(63-33-38-22-10-3-11-23-38)47(62-32-37-20-8-2-9-21-37)46-44(66-55)35-71-56(36-57,70-46)42-30-18-7-19-31-42/h2-31,43-50,54-55H,32-35H2,1H3/t43-,44+,45-,46+,47-,48+,49-,50-,54+,55+,56-/m1/s1. The van der Waals surface area contributed by atoms with Gasteiger partial charge in [0.25, 0.3) is 0 Å². The van der Waals surface area contributed by atoms with E-state index in [4.69, 9.17) is 47.4 Å². The van der Waals surface area contributed by atoms with Crippen molar-refractivity contribution in [2.75, 3.05) is 19.5 Å². The Labute approximate surface area is 415 Å². The minimum absolute atomic E-state index is 0.114. The number of ether oxygens (including phenoxy) is 10. The zero-order valence-corrected chi connectivity index (χ0v) is 39.4. The predicted molar refractivity (Wildman–Crippen MR) is 258 cm³/mol. The maximum Gasteiger partial charge on any atom is 0.338 e. The molecule has 15 heteroatoms. The predicted octanol–water partition coefficient (Wildman–Crippen LogP) is 8.46. The van der Waals surface area contributed by atoms with E-state index in [2.05, 4.69) is 6.07 Å². The molecule has 3 saturated heterocycles. The molecule has 71 heavy (non-hydrogen) atoms. The van der Waals surface area contributed by atoms with Gasteiger partial charge in [0, 0.05) is 18.4 Å². The summed E-state index contributed by atoms with van der Waals surface area (Å²) in [6.45, 7) is -0.0996. The minimum atomic E-state index is -1.51. The van der Waals surface area contributed by atoms with E-state index >= 15 is 0 Å². The molecule has 0 bridgehead atoms. The molecule has 9 rings (SSSR count). The zero-order valence-electron chi connectivity index (χ0n) is 38.6. The Morgan fingerprint density at radius 1 is 0.549 bits per heavy atom. The third kappa shape index (κ3) is 11.7. The van der Waals surface area contributed by atoms with Gasteiger partial charge in [-0.05, 0) is 47.5 Å². The molecule has 3 aliphatic rings. The van der Waals surface area contributed by atoms with Gasteiger partial charge in [-0.1, -0.05) is 146 Å². The monoisotopic (exact) mass is 977 g/mol. The van der Waals surface area contributed by atoms with E-state index in [0.29, 0.717) is 11.3 Å². The Morgan fingerprint density at radius 2 is 1.00 bits per heavy atom. The van der Waals surface area contributed by atoms with E-state index in [9.17, 15) is 19.6 Å². The van der Waals surface area contributed by atoms with E-state index in [1.165, 1.54) is 18.9 Å². The van der Waals surface area contributed by atoms with Crippen molar-refractivity contribution in [2.45, 2.75) is 79.6 Å². The van der Waals surface area contributed by atoms with Crippen molar-refractivity contribution in [1.29, 1.82) is 5.26 Å². The molecule has 0 unspecified atom stereocenters. The van der Waals surface area contributed by atoms with Crippen LogP contribution in [0.3, 0.4) is 0 Å². The molecule has 3 heterocycles. The molecule has 364 valence electrons. The lowest BCUT2D eigenvalue weighted by atomic mass is 9.96. The molecule has 0 aliphatic carbocycles. The van der Waals surface area contributed by atoms with E-state index in [1.807, 2.05) is 91.0 Å². The van der Waals surface area contributed by atoms with Crippen molar-refractivity contribution in [3.63, 3.8) is 0 Å². The molecule has 3 aliphatic heterocycles. The van der Waals surface area contributed by atoms with Gasteiger partial charge in [-0.15, -0.1) is 11.8 Å². The third-order valence-electron chi connectivity index (χ3n) is 12.2. The molecular formula is C56H51NO13S. The fourth-order valence-corrected chi connectivity index (χ4v) is 9.85. The highest BCUT2D eigenvalue weighted by Gasteiger charge is 2.57. The van der Waals surface area contributed by atoms with Gasteiger partial charge in [0.05, 0.1) is 42.6 Å². The number of nitrogens with zero attached hydrogens (tertiary/aromatic N) is 1. The van der Waals surface area contributed by atoms with Crippen LogP contribution < -0.4 is 0 Å². The second-order valence-corrected chi connectivity index (χ2v) is 18.1. The SMILES string of the molecule is CO[C@H]1O[C@H](CO[C@H]2O[C@H]3CS[C@](C#N)(c4ccccc4)O[C@@H]3[C@@H](OCc3ccccc3)[C@H]2OCc2ccccc2)[C@@H](OC(=O)c2ccccc2)[C@H](OC(=O)c2ccccc2)[C@H]1OC(=O)c1ccccc1. The van der Waals surface area contributed by atoms with Crippen LogP contribution in [0, 0.1) is 11.3 Å². The second-order valence-electron chi connectivity index (χ2n) is 16.9. The average molecular weight is 978 g/mol. The number of rotatable bonds is 17. The van der Waals surface area contributed by atoms with E-state index in [1.54, 1.807) is 91.0 Å². The molecule has 0 saturated carbocycles. The highest BCUT2D eigenvalue weighted by atomic mass is 32.2. The number of nitriles is 1. The lowest BCUT2D eigenvalue weighted by molar-refractivity contribution is -0.340. The first-order chi connectivity index (χ1) is 34.8. The van der Waals surface area contributed by atoms with Gasteiger partial charge in [-0.2, -0.15) is 5.26 Å². The first kappa shape index (κ1) is 49.3. The minimum Gasteiger partial charge on any atom is -0.452 e. The summed E-state index contributed by atoms with van der Waals surface area (Å²) in [6, 6.07) is 55.7. The molecule has 6 aromatic carbocycles. The van der Waals surface area contributed by atoms with Crippen LogP contribution in [0.5, 0.6) is 0 Å². The van der Waals surface area contributed by atoms with Crippen LogP contribution in [-0.4, -0.2) is 98.8 Å². The van der Waals surface area contributed by atoms with E-state index in [0.717, 1.165) is 11.1 Å². The molecule has 11 atom stereocenters. The fourth-order valence-electron chi connectivity index (χ4n) is 8.64. The summed E-state index contributed by atoms with van der Waals surface area (Å²) in [7, 11) is 1.35. The Hall–Kier alpha value is -6.71. The summed E-state index contributed by atoms with van der Waals surface area (Å²) < 4.78 is 65.0. The van der Waals surface area contributed by atoms with Gasteiger partial charge in [-0.25, -0.2) is 14.4 Å². The molecule has 0 radical (unpaired) electrons. The molecule has 14 nitrogen and oxygen atoms in total. The molecule has 0 aromatic heterocycles. The lowest BCUT2D eigenvalue weighted by Crippen LogP contribution is -2.65. The quantitative estimate of drug-likeness (QED) is 0.0630. The Morgan fingerprint density at radius 3 is 1.49 bits per heavy atom. The summed E-state index contributed by atoms with van der Waals surface area (Å²) >= 11 is 1.29. The van der Waals surface area contributed by atoms with E-state index in [-0.39, 0.29) is 36.5 Å². The van der Waals surface area contributed by atoms with Crippen molar-refractivity contribution in [2.24, 2.45) is 0 Å². The number of methoxy groups -OCH3 is 1. The summed E-state index contributed by atoms with van der Waals surface area (Å²) in [5.41, 5.74) is 3.00. The average Bonchev–Trinajstić information content (AvgIpc) is 3.43. The molecule has 6 aromatic rings. The normalized spacial score (nSPS) is 27.0. The van der Waals surface area contributed by atoms with Crippen molar-refractivity contribution >= 4 is 29.7 Å². The Kier molecular flexibility index (Phi) is 16.3. The molecular weight excluding hydrogens is 927 g/mol. The zero-order chi connectivity index (χ0) is 49.0. The van der Waals surface area contributed by atoms with Gasteiger partial charge in [0.2, 0.25) is 4.93 Å². The van der Waals surface area contributed by atoms with Crippen LogP contribution in [0.1, 0.15) is 47.8 Å². The van der Waals surface area contributed by atoms with Crippen LogP contribution in [0.4, 0.5) is 0 Å². The number of hydrogen-bond donors (Lipinski definition) is 0. The van der Waals surface area contributed by atoms with Crippen molar-refractivity contribution in [1.82, 2.24) is 0 Å². The topological polar surface area (TPSA) is 167 Å². The number of carbonyl (C=O) groups is 3. The second kappa shape index (κ2) is 23.5. The van der Waals surface area contributed by atoms with Crippen LogP contribution in [0.2, 0.25) is 0 Å². The smallest absolute Gasteiger partial charge is 0.338 e. The Bertz CT molecular complexity index is 2700. The third-order valence-corrected chi connectivity index (χ3v) is 13.5. The molecule has 3 fully saturated rings. The van der Waals surface area contributed by atoms with Gasteiger partial charge in [0.15, 0.2) is 30.9 Å². The number of carbonyl (C=O) groups excluding carboxylic acids is 3. The lowest BCUT2D eigenvalue weighted by Gasteiger charge is -2.51. The van der Waals surface area contributed by atoms with Crippen molar-refractivity contribution < 1.29 is 61.8 Å². The van der Waals surface area contributed by atoms with Crippen molar-refractivity contribution in [3.05, 3.63) is 215 Å². The number of fused-ring (bicyclic) bond motifs is 1.